The molecule has 0 aliphatic heterocycles. The zero-order valence-electron chi connectivity index (χ0n) is 8.88. The Bertz CT molecular complexity index is 163. The van der Waals surface area contributed by atoms with E-state index in [0.29, 0.717) is 5.92 Å². The third-order valence-electron chi connectivity index (χ3n) is 2.28. The van der Waals surface area contributed by atoms with Crippen LogP contribution >= 0.6 is 0 Å². The average molecular weight is 184 g/mol. The van der Waals surface area contributed by atoms with Crippen molar-refractivity contribution in [3.63, 3.8) is 0 Å². The van der Waals surface area contributed by atoms with Crippen LogP contribution in [0.1, 0.15) is 40.0 Å². The van der Waals surface area contributed by atoms with Crippen LogP contribution in [0.15, 0.2) is 12.7 Å². The highest BCUT2D eigenvalue weighted by Crippen LogP contribution is 2.14. The Labute approximate surface area is 81.0 Å². The quantitative estimate of drug-likeness (QED) is 0.468. The molecule has 2 atom stereocenters. The van der Waals surface area contributed by atoms with Gasteiger partial charge in [0.2, 0.25) is 0 Å². The van der Waals surface area contributed by atoms with E-state index >= 15 is 0 Å². The molecule has 2 heteroatoms. The molecule has 0 saturated heterocycles. The lowest BCUT2D eigenvalue weighted by Gasteiger charge is -2.19. The minimum absolute atomic E-state index is 0.00273. The molecule has 0 saturated carbocycles. The standard InChI is InChI=1S/C11H20O2/c1-5-7-8-9(3)10(4)13-11(12)6-2/h6,9-10H,2,5,7-8H2,1,3-4H3. The summed E-state index contributed by atoms with van der Waals surface area (Å²) in [5, 5.41) is 0. The number of hydrogen-bond acceptors (Lipinski definition) is 2. The largest absolute Gasteiger partial charge is 0.459 e. The van der Waals surface area contributed by atoms with Crippen molar-refractivity contribution in [1.82, 2.24) is 0 Å². The second-order valence-electron chi connectivity index (χ2n) is 3.47. The summed E-state index contributed by atoms with van der Waals surface area (Å²) >= 11 is 0. The summed E-state index contributed by atoms with van der Waals surface area (Å²) in [6.07, 6.45) is 4.70. The molecule has 0 amide bonds. The fourth-order valence-corrected chi connectivity index (χ4v) is 1.11. The van der Waals surface area contributed by atoms with Crippen molar-refractivity contribution in [2.24, 2.45) is 5.92 Å². The van der Waals surface area contributed by atoms with Crippen molar-refractivity contribution in [2.45, 2.75) is 46.1 Å². The fourth-order valence-electron chi connectivity index (χ4n) is 1.11. The van der Waals surface area contributed by atoms with Crippen LogP contribution < -0.4 is 0 Å². The number of ether oxygens (including phenoxy) is 1. The van der Waals surface area contributed by atoms with Crippen molar-refractivity contribution < 1.29 is 9.53 Å². The van der Waals surface area contributed by atoms with Crippen LogP contribution in [0.2, 0.25) is 0 Å². The summed E-state index contributed by atoms with van der Waals surface area (Å²) in [5.41, 5.74) is 0. The number of hydrogen-bond donors (Lipinski definition) is 0. The molecule has 13 heavy (non-hydrogen) atoms. The number of carbonyl (C=O) groups excluding carboxylic acids is 1. The third-order valence-corrected chi connectivity index (χ3v) is 2.28. The summed E-state index contributed by atoms with van der Waals surface area (Å²) in [5.74, 6) is 0.111. The molecule has 2 nitrogen and oxygen atoms in total. The molecule has 0 aliphatic carbocycles. The molecule has 0 aromatic carbocycles. The van der Waals surface area contributed by atoms with E-state index in [4.69, 9.17) is 4.74 Å². The van der Waals surface area contributed by atoms with Crippen LogP contribution in [-0.2, 0) is 9.53 Å². The van der Waals surface area contributed by atoms with Crippen molar-refractivity contribution in [2.75, 3.05) is 0 Å². The molecule has 2 unspecified atom stereocenters. The van der Waals surface area contributed by atoms with Gasteiger partial charge in [-0.05, 0) is 19.3 Å². The van der Waals surface area contributed by atoms with Gasteiger partial charge in [-0.25, -0.2) is 4.79 Å². The third kappa shape index (κ3) is 5.45. The molecule has 0 rings (SSSR count). The summed E-state index contributed by atoms with van der Waals surface area (Å²) in [6.45, 7) is 9.56. The second kappa shape index (κ2) is 6.70. The monoisotopic (exact) mass is 184 g/mol. The van der Waals surface area contributed by atoms with E-state index in [1.165, 1.54) is 18.9 Å². The smallest absolute Gasteiger partial charge is 0.330 e. The van der Waals surface area contributed by atoms with Crippen molar-refractivity contribution in [1.29, 1.82) is 0 Å². The molecule has 0 N–H and O–H groups in total. The molecule has 0 aromatic rings. The predicted molar refractivity (Wildman–Crippen MR) is 54.4 cm³/mol. The average Bonchev–Trinajstić information content (AvgIpc) is 2.13. The molecule has 0 bridgehead atoms. The zero-order valence-corrected chi connectivity index (χ0v) is 8.88. The number of esters is 1. The van der Waals surface area contributed by atoms with E-state index in [1.807, 2.05) is 6.92 Å². The second-order valence-corrected chi connectivity index (χ2v) is 3.47. The van der Waals surface area contributed by atoms with Gasteiger partial charge in [-0.2, -0.15) is 0 Å². The van der Waals surface area contributed by atoms with E-state index in [-0.39, 0.29) is 12.1 Å². The van der Waals surface area contributed by atoms with Gasteiger partial charge >= 0.3 is 5.97 Å². The maximum atomic E-state index is 10.9. The van der Waals surface area contributed by atoms with Crippen LogP contribution in [0.3, 0.4) is 0 Å². The van der Waals surface area contributed by atoms with E-state index < -0.39 is 0 Å². The van der Waals surface area contributed by atoms with Gasteiger partial charge in [-0.1, -0.05) is 33.3 Å². The minimum atomic E-state index is -0.323. The fraction of sp³-hybridized carbons (Fsp3) is 0.727. The van der Waals surface area contributed by atoms with Crippen LogP contribution in [0, 0.1) is 5.92 Å². The molecule has 0 aliphatic rings. The topological polar surface area (TPSA) is 26.3 Å². The molecule has 0 aromatic heterocycles. The number of rotatable bonds is 6. The highest BCUT2D eigenvalue weighted by molar-refractivity contribution is 5.81. The van der Waals surface area contributed by atoms with Gasteiger partial charge in [0.25, 0.3) is 0 Å². The lowest BCUT2D eigenvalue weighted by Crippen LogP contribution is -2.20. The molecular formula is C11H20O2. The Morgan fingerprint density at radius 3 is 2.62 bits per heavy atom. The van der Waals surface area contributed by atoms with Gasteiger partial charge in [-0.15, -0.1) is 0 Å². The SMILES string of the molecule is C=CC(=O)OC(C)C(C)CCCC. The van der Waals surface area contributed by atoms with Crippen LogP contribution in [0.25, 0.3) is 0 Å². The Morgan fingerprint density at radius 1 is 1.54 bits per heavy atom. The van der Waals surface area contributed by atoms with E-state index in [2.05, 4.69) is 20.4 Å². The first kappa shape index (κ1) is 12.2. The summed E-state index contributed by atoms with van der Waals surface area (Å²) < 4.78 is 5.10. The van der Waals surface area contributed by atoms with Gasteiger partial charge in [0.05, 0.1) is 0 Å². The minimum Gasteiger partial charge on any atom is -0.459 e. The van der Waals surface area contributed by atoms with E-state index in [9.17, 15) is 4.79 Å². The highest BCUT2D eigenvalue weighted by Gasteiger charge is 2.14. The molecule has 0 heterocycles. The van der Waals surface area contributed by atoms with Crippen LogP contribution in [0.5, 0.6) is 0 Å². The van der Waals surface area contributed by atoms with Crippen molar-refractivity contribution in [3.8, 4) is 0 Å². The lowest BCUT2D eigenvalue weighted by molar-refractivity contribution is -0.144. The first-order chi connectivity index (χ1) is 6.11. The molecule has 0 fully saturated rings. The maximum absolute atomic E-state index is 10.9. The number of unbranched alkanes of at least 4 members (excludes halogenated alkanes) is 1. The Morgan fingerprint density at radius 2 is 2.15 bits per heavy atom. The van der Waals surface area contributed by atoms with Crippen molar-refractivity contribution in [3.05, 3.63) is 12.7 Å². The van der Waals surface area contributed by atoms with Gasteiger partial charge < -0.3 is 4.74 Å². The van der Waals surface area contributed by atoms with Crippen molar-refractivity contribution >= 4 is 5.97 Å². The molecule has 0 radical (unpaired) electrons. The Kier molecular flexibility index (Phi) is 6.29. The van der Waals surface area contributed by atoms with Gasteiger partial charge in [0.1, 0.15) is 6.10 Å². The zero-order chi connectivity index (χ0) is 10.3. The van der Waals surface area contributed by atoms with Gasteiger partial charge in [0, 0.05) is 6.08 Å². The molecule has 0 spiro atoms. The van der Waals surface area contributed by atoms with E-state index in [1.54, 1.807) is 0 Å². The Balaban J connectivity index is 3.74. The first-order valence-electron chi connectivity index (χ1n) is 4.94. The van der Waals surface area contributed by atoms with Gasteiger partial charge in [0.15, 0.2) is 0 Å². The predicted octanol–water partition coefficient (Wildman–Crippen LogP) is 2.93. The van der Waals surface area contributed by atoms with Crippen LogP contribution in [-0.4, -0.2) is 12.1 Å². The van der Waals surface area contributed by atoms with Crippen LogP contribution in [0.4, 0.5) is 0 Å². The highest BCUT2D eigenvalue weighted by atomic mass is 16.5. The van der Waals surface area contributed by atoms with E-state index in [0.717, 1.165) is 6.42 Å². The lowest BCUT2D eigenvalue weighted by atomic mass is 9.99. The Hall–Kier alpha value is -0.790. The summed E-state index contributed by atoms with van der Waals surface area (Å²) in [6, 6.07) is 0. The number of carbonyl (C=O) groups is 1. The summed E-state index contributed by atoms with van der Waals surface area (Å²) in [4.78, 5) is 10.9. The maximum Gasteiger partial charge on any atom is 0.330 e. The summed E-state index contributed by atoms with van der Waals surface area (Å²) in [7, 11) is 0. The normalized spacial score (nSPS) is 14.7. The van der Waals surface area contributed by atoms with Gasteiger partial charge in [-0.3, -0.25) is 0 Å². The first-order valence-corrected chi connectivity index (χ1v) is 4.94. The molecular weight excluding hydrogens is 164 g/mol. The molecule has 76 valence electrons.